The van der Waals surface area contributed by atoms with Crippen LogP contribution in [0.4, 0.5) is 5.69 Å². The van der Waals surface area contributed by atoms with E-state index in [0.717, 1.165) is 16.8 Å². The standard InChI is InChI=1S/C21H21N3O3/c1-14-4-2-3-5-17(14)21(27)24-10-8-23(9-11-24)20(26)15-6-7-18-16(12-15)13-19(25)22-18/h2-7,12H,8-11,13H2,1H3,(H,22,25). The molecule has 0 aromatic heterocycles. The maximum absolute atomic E-state index is 12.8. The van der Waals surface area contributed by atoms with Crippen molar-refractivity contribution in [2.75, 3.05) is 31.5 Å². The van der Waals surface area contributed by atoms with Crippen LogP contribution < -0.4 is 5.32 Å². The Kier molecular flexibility index (Phi) is 4.39. The van der Waals surface area contributed by atoms with Gasteiger partial charge in [0.25, 0.3) is 11.8 Å². The number of aryl methyl sites for hydroxylation is 1. The predicted molar refractivity (Wildman–Crippen MR) is 102 cm³/mol. The molecule has 0 saturated carbocycles. The maximum Gasteiger partial charge on any atom is 0.254 e. The lowest BCUT2D eigenvalue weighted by Gasteiger charge is -2.35. The summed E-state index contributed by atoms with van der Waals surface area (Å²) < 4.78 is 0. The number of nitrogens with one attached hydrogen (secondary N) is 1. The first kappa shape index (κ1) is 17.3. The number of fused-ring (bicyclic) bond motifs is 1. The van der Waals surface area contributed by atoms with E-state index in [1.54, 1.807) is 28.0 Å². The van der Waals surface area contributed by atoms with Crippen molar-refractivity contribution in [3.05, 3.63) is 64.7 Å². The van der Waals surface area contributed by atoms with Crippen LogP contribution in [0.25, 0.3) is 0 Å². The Balaban J connectivity index is 1.41. The number of piperazine rings is 1. The Bertz CT molecular complexity index is 930. The molecule has 1 N–H and O–H groups in total. The third-order valence-electron chi connectivity index (χ3n) is 5.21. The number of nitrogens with zero attached hydrogens (tertiary/aromatic N) is 2. The minimum Gasteiger partial charge on any atom is -0.335 e. The molecule has 0 atom stereocenters. The lowest BCUT2D eigenvalue weighted by Crippen LogP contribution is -2.50. The fraction of sp³-hybridized carbons (Fsp3) is 0.286. The number of amides is 3. The van der Waals surface area contributed by atoms with E-state index in [2.05, 4.69) is 5.32 Å². The molecule has 27 heavy (non-hydrogen) atoms. The second kappa shape index (κ2) is 6.87. The summed E-state index contributed by atoms with van der Waals surface area (Å²) >= 11 is 0. The number of benzene rings is 2. The van der Waals surface area contributed by atoms with Crippen LogP contribution >= 0.6 is 0 Å². The second-order valence-corrected chi connectivity index (χ2v) is 7.00. The van der Waals surface area contributed by atoms with Crippen LogP contribution in [-0.2, 0) is 11.2 Å². The molecule has 1 fully saturated rings. The van der Waals surface area contributed by atoms with Gasteiger partial charge in [-0.2, -0.15) is 0 Å². The van der Waals surface area contributed by atoms with Gasteiger partial charge in [0.2, 0.25) is 5.91 Å². The minimum absolute atomic E-state index is 0.0160. The van der Waals surface area contributed by atoms with E-state index in [1.165, 1.54) is 0 Å². The first-order chi connectivity index (χ1) is 13.0. The van der Waals surface area contributed by atoms with Crippen LogP contribution in [0.2, 0.25) is 0 Å². The van der Waals surface area contributed by atoms with Crippen molar-refractivity contribution in [1.29, 1.82) is 0 Å². The van der Waals surface area contributed by atoms with E-state index in [1.807, 2.05) is 31.2 Å². The van der Waals surface area contributed by atoms with E-state index >= 15 is 0 Å². The van der Waals surface area contributed by atoms with Crippen LogP contribution in [0.15, 0.2) is 42.5 Å². The number of carbonyl (C=O) groups is 3. The molecule has 0 unspecified atom stereocenters. The number of hydrogen-bond acceptors (Lipinski definition) is 3. The molecule has 6 nitrogen and oxygen atoms in total. The smallest absolute Gasteiger partial charge is 0.254 e. The summed E-state index contributed by atoms with van der Waals surface area (Å²) in [5, 5.41) is 2.77. The van der Waals surface area contributed by atoms with E-state index in [-0.39, 0.29) is 17.7 Å². The Morgan fingerprint density at radius 2 is 1.59 bits per heavy atom. The SMILES string of the molecule is Cc1ccccc1C(=O)N1CCN(C(=O)c2ccc3c(c2)CC(=O)N3)CC1. The number of anilines is 1. The van der Waals surface area contributed by atoms with Gasteiger partial charge < -0.3 is 15.1 Å². The first-order valence-electron chi connectivity index (χ1n) is 9.10. The van der Waals surface area contributed by atoms with Gasteiger partial charge in [-0.05, 0) is 42.3 Å². The van der Waals surface area contributed by atoms with E-state index in [9.17, 15) is 14.4 Å². The molecule has 138 valence electrons. The highest BCUT2D eigenvalue weighted by atomic mass is 16.2. The third-order valence-corrected chi connectivity index (χ3v) is 5.21. The summed E-state index contributed by atoms with van der Waals surface area (Å²) in [6.45, 7) is 3.98. The molecule has 4 rings (SSSR count). The van der Waals surface area contributed by atoms with Crippen LogP contribution in [0.1, 0.15) is 31.8 Å². The monoisotopic (exact) mass is 363 g/mol. The van der Waals surface area contributed by atoms with Crippen LogP contribution in [0.5, 0.6) is 0 Å². The van der Waals surface area contributed by atoms with Gasteiger partial charge in [-0.15, -0.1) is 0 Å². The van der Waals surface area contributed by atoms with Crippen molar-refractivity contribution < 1.29 is 14.4 Å². The van der Waals surface area contributed by atoms with Crippen molar-refractivity contribution >= 4 is 23.4 Å². The van der Waals surface area contributed by atoms with Crippen LogP contribution in [0.3, 0.4) is 0 Å². The maximum atomic E-state index is 12.8. The molecule has 3 amide bonds. The zero-order chi connectivity index (χ0) is 19.0. The fourth-order valence-electron chi connectivity index (χ4n) is 3.64. The molecular formula is C21H21N3O3. The minimum atomic E-state index is -0.0554. The molecule has 0 spiro atoms. The summed E-state index contributed by atoms with van der Waals surface area (Å²) in [5.41, 5.74) is 3.91. The molecule has 0 radical (unpaired) electrons. The van der Waals surface area contributed by atoms with Crippen molar-refractivity contribution in [1.82, 2.24) is 9.80 Å². The zero-order valence-corrected chi connectivity index (χ0v) is 15.2. The van der Waals surface area contributed by atoms with Crippen LogP contribution in [0, 0.1) is 6.92 Å². The molecule has 1 saturated heterocycles. The highest BCUT2D eigenvalue weighted by Crippen LogP contribution is 2.24. The molecule has 2 aromatic carbocycles. The van der Waals surface area contributed by atoms with Gasteiger partial charge in [0, 0.05) is 43.0 Å². The summed E-state index contributed by atoms with van der Waals surface area (Å²) in [6, 6.07) is 12.9. The summed E-state index contributed by atoms with van der Waals surface area (Å²) in [4.78, 5) is 40.6. The largest absolute Gasteiger partial charge is 0.335 e. The Hall–Kier alpha value is -3.15. The highest BCUT2D eigenvalue weighted by Gasteiger charge is 2.27. The molecule has 2 heterocycles. The second-order valence-electron chi connectivity index (χ2n) is 7.00. The van der Waals surface area contributed by atoms with Gasteiger partial charge in [-0.3, -0.25) is 14.4 Å². The van der Waals surface area contributed by atoms with Crippen molar-refractivity contribution in [3.63, 3.8) is 0 Å². The summed E-state index contributed by atoms with van der Waals surface area (Å²) in [5.74, 6) is -0.0830. The average molecular weight is 363 g/mol. The van der Waals surface area contributed by atoms with Crippen molar-refractivity contribution in [2.24, 2.45) is 0 Å². The topological polar surface area (TPSA) is 69.7 Å². The number of rotatable bonds is 2. The quantitative estimate of drug-likeness (QED) is 0.888. The third kappa shape index (κ3) is 3.30. The molecule has 0 aliphatic carbocycles. The van der Waals surface area contributed by atoms with Gasteiger partial charge in [-0.25, -0.2) is 0 Å². The number of carbonyl (C=O) groups excluding carboxylic acids is 3. The lowest BCUT2D eigenvalue weighted by molar-refractivity contribution is -0.115. The van der Waals surface area contributed by atoms with Gasteiger partial charge in [0.15, 0.2) is 0 Å². The number of hydrogen-bond donors (Lipinski definition) is 1. The Morgan fingerprint density at radius 3 is 2.30 bits per heavy atom. The van der Waals surface area contributed by atoms with E-state index in [4.69, 9.17) is 0 Å². The van der Waals surface area contributed by atoms with Gasteiger partial charge in [-0.1, -0.05) is 18.2 Å². The Labute approximate surface area is 157 Å². The molecule has 2 aliphatic rings. The molecule has 2 aromatic rings. The first-order valence-corrected chi connectivity index (χ1v) is 9.10. The predicted octanol–water partition coefficient (Wildman–Crippen LogP) is 2.09. The normalized spacial score (nSPS) is 16.1. The summed E-state index contributed by atoms with van der Waals surface area (Å²) in [7, 11) is 0. The fourth-order valence-corrected chi connectivity index (χ4v) is 3.64. The Morgan fingerprint density at radius 1 is 0.926 bits per heavy atom. The molecule has 2 aliphatic heterocycles. The van der Waals surface area contributed by atoms with Crippen molar-refractivity contribution in [3.8, 4) is 0 Å². The lowest BCUT2D eigenvalue weighted by atomic mass is 10.1. The average Bonchev–Trinajstić information content (AvgIpc) is 3.06. The van der Waals surface area contributed by atoms with E-state index in [0.29, 0.717) is 43.7 Å². The van der Waals surface area contributed by atoms with Gasteiger partial charge >= 0.3 is 0 Å². The molecule has 6 heteroatoms. The van der Waals surface area contributed by atoms with Crippen LogP contribution in [-0.4, -0.2) is 53.7 Å². The van der Waals surface area contributed by atoms with E-state index < -0.39 is 0 Å². The summed E-state index contributed by atoms with van der Waals surface area (Å²) in [6.07, 6.45) is 0.315. The van der Waals surface area contributed by atoms with Gasteiger partial charge in [0.05, 0.1) is 6.42 Å². The zero-order valence-electron chi connectivity index (χ0n) is 15.2. The van der Waals surface area contributed by atoms with Crippen molar-refractivity contribution in [2.45, 2.75) is 13.3 Å². The molecule has 0 bridgehead atoms. The highest BCUT2D eigenvalue weighted by molar-refractivity contribution is 6.02. The van der Waals surface area contributed by atoms with Gasteiger partial charge in [0.1, 0.15) is 0 Å². The molecular weight excluding hydrogens is 342 g/mol.